The summed E-state index contributed by atoms with van der Waals surface area (Å²) in [6.45, 7) is 1.27. The highest BCUT2D eigenvalue weighted by atomic mass is 15.1. The molecule has 0 unspecified atom stereocenters. The summed E-state index contributed by atoms with van der Waals surface area (Å²) >= 11 is 0. The quantitative estimate of drug-likeness (QED) is 0.749. The molecule has 2 aromatic heterocycles. The summed E-state index contributed by atoms with van der Waals surface area (Å²) in [4.78, 5) is 8.20. The summed E-state index contributed by atoms with van der Waals surface area (Å²) in [5.41, 5.74) is 7.53. The maximum Gasteiger partial charge on any atom is 0.0953 e. The Hall–Kier alpha value is -1.62. The SMILES string of the molecule is Cn1cncc1Cn1cnc(CN)c1. The maximum atomic E-state index is 5.47. The molecule has 0 aliphatic carbocycles. The standard InChI is InChI=1S/C9H13N5/c1-13-6-11-3-9(13)5-14-4-8(2-10)12-7-14/h3-4,6-7H,2,5,10H2,1H3. The molecule has 2 rings (SSSR count). The van der Waals surface area contributed by atoms with E-state index < -0.39 is 0 Å². The van der Waals surface area contributed by atoms with Gasteiger partial charge in [0.05, 0.1) is 30.6 Å². The van der Waals surface area contributed by atoms with Gasteiger partial charge in [-0.1, -0.05) is 0 Å². The Morgan fingerprint density at radius 2 is 2.29 bits per heavy atom. The maximum absolute atomic E-state index is 5.47. The van der Waals surface area contributed by atoms with Gasteiger partial charge >= 0.3 is 0 Å². The summed E-state index contributed by atoms with van der Waals surface area (Å²) < 4.78 is 3.99. The van der Waals surface area contributed by atoms with Crippen molar-refractivity contribution in [3.8, 4) is 0 Å². The van der Waals surface area contributed by atoms with Crippen molar-refractivity contribution in [3.05, 3.63) is 36.4 Å². The molecule has 2 N–H and O–H groups in total. The van der Waals surface area contributed by atoms with E-state index in [1.54, 1.807) is 12.7 Å². The molecule has 0 aliphatic rings. The van der Waals surface area contributed by atoms with Crippen LogP contribution in [0.4, 0.5) is 0 Å². The van der Waals surface area contributed by atoms with Crippen LogP contribution in [-0.2, 0) is 20.1 Å². The van der Waals surface area contributed by atoms with Gasteiger partial charge in [-0.2, -0.15) is 0 Å². The van der Waals surface area contributed by atoms with E-state index in [1.165, 1.54) is 0 Å². The molecule has 0 saturated carbocycles. The Bertz CT molecular complexity index is 414. The Labute approximate surface area is 82.2 Å². The average Bonchev–Trinajstić information content (AvgIpc) is 2.77. The van der Waals surface area contributed by atoms with Crippen LogP contribution < -0.4 is 5.73 Å². The lowest BCUT2D eigenvalue weighted by Gasteiger charge is -2.01. The number of nitrogens with zero attached hydrogens (tertiary/aromatic N) is 4. The topological polar surface area (TPSA) is 61.7 Å². The number of aromatic nitrogens is 4. The van der Waals surface area contributed by atoms with Gasteiger partial charge < -0.3 is 14.9 Å². The minimum atomic E-state index is 0.485. The molecule has 0 amide bonds. The van der Waals surface area contributed by atoms with E-state index in [-0.39, 0.29) is 0 Å². The molecule has 0 aromatic carbocycles. The smallest absolute Gasteiger partial charge is 0.0953 e. The van der Waals surface area contributed by atoms with Crippen molar-refractivity contribution < 1.29 is 0 Å². The summed E-state index contributed by atoms with van der Waals surface area (Å²) in [5, 5.41) is 0. The minimum Gasteiger partial charge on any atom is -0.336 e. The fourth-order valence-electron chi connectivity index (χ4n) is 1.32. The number of aryl methyl sites for hydroxylation is 1. The van der Waals surface area contributed by atoms with Gasteiger partial charge in [-0.05, 0) is 0 Å². The zero-order valence-corrected chi connectivity index (χ0v) is 8.09. The largest absolute Gasteiger partial charge is 0.336 e. The molecule has 0 bridgehead atoms. The van der Waals surface area contributed by atoms with Crippen molar-refractivity contribution in [1.82, 2.24) is 19.1 Å². The fraction of sp³-hybridized carbons (Fsp3) is 0.333. The van der Waals surface area contributed by atoms with E-state index in [1.807, 2.05) is 28.6 Å². The molecule has 0 fully saturated rings. The number of nitrogens with two attached hydrogens (primary N) is 1. The first-order valence-electron chi connectivity index (χ1n) is 4.45. The third-order valence-electron chi connectivity index (χ3n) is 2.16. The molecule has 0 radical (unpaired) electrons. The lowest BCUT2D eigenvalue weighted by molar-refractivity contribution is 0.722. The van der Waals surface area contributed by atoms with Gasteiger partial charge in [0, 0.05) is 26.0 Å². The van der Waals surface area contributed by atoms with Gasteiger partial charge in [-0.3, -0.25) is 0 Å². The molecule has 0 spiro atoms. The summed E-state index contributed by atoms with van der Waals surface area (Å²) in [6.07, 6.45) is 7.38. The molecule has 0 atom stereocenters. The second-order valence-electron chi connectivity index (χ2n) is 3.24. The van der Waals surface area contributed by atoms with Crippen molar-refractivity contribution in [2.45, 2.75) is 13.1 Å². The fourth-order valence-corrected chi connectivity index (χ4v) is 1.32. The summed E-state index contributed by atoms with van der Waals surface area (Å²) in [6, 6.07) is 0. The van der Waals surface area contributed by atoms with E-state index in [9.17, 15) is 0 Å². The Balaban J connectivity index is 2.15. The van der Waals surface area contributed by atoms with Crippen LogP contribution in [0, 0.1) is 0 Å². The average molecular weight is 191 g/mol. The number of imidazole rings is 2. The van der Waals surface area contributed by atoms with Crippen molar-refractivity contribution >= 4 is 0 Å². The first kappa shape index (κ1) is 8.96. The van der Waals surface area contributed by atoms with E-state index >= 15 is 0 Å². The van der Waals surface area contributed by atoms with Crippen LogP contribution in [0.15, 0.2) is 25.0 Å². The van der Waals surface area contributed by atoms with Crippen LogP contribution in [-0.4, -0.2) is 19.1 Å². The summed E-state index contributed by atoms with van der Waals surface area (Å²) in [5.74, 6) is 0. The molecule has 0 saturated heterocycles. The van der Waals surface area contributed by atoms with E-state index in [0.717, 1.165) is 17.9 Å². The molecule has 0 aliphatic heterocycles. The summed E-state index contributed by atoms with van der Waals surface area (Å²) in [7, 11) is 1.98. The predicted octanol–water partition coefficient (Wildman–Crippen LogP) is 0.124. The number of hydrogen-bond donors (Lipinski definition) is 1. The van der Waals surface area contributed by atoms with Crippen molar-refractivity contribution in [2.24, 2.45) is 12.8 Å². The normalized spacial score (nSPS) is 10.7. The minimum absolute atomic E-state index is 0.485. The number of rotatable bonds is 3. The van der Waals surface area contributed by atoms with Crippen molar-refractivity contribution in [2.75, 3.05) is 0 Å². The molecular formula is C9H13N5. The Kier molecular flexibility index (Phi) is 2.32. The van der Waals surface area contributed by atoms with Crippen LogP contribution in [0.5, 0.6) is 0 Å². The zero-order valence-electron chi connectivity index (χ0n) is 8.09. The van der Waals surface area contributed by atoms with Gasteiger partial charge in [0.25, 0.3) is 0 Å². The molecule has 5 nitrogen and oxygen atoms in total. The first-order valence-corrected chi connectivity index (χ1v) is 4.45. The highest BCUT2D eigenvalue weighted by Gasteiger charge is 2.00. The lowest BCUT2D eigenvalue weighted by Crippen LogP contribution is -2.02. The Morgan fingerprint density at radius 3 is 2.86 bits per heavy atom. The lowest BCUT2D eigenvalue weighted by atomic mass is 10.4. The molecule has 2 heterocycles. The second kappa shape index (κ2) is 3.63. The van der Waals surface area contributed by atoms with Crippen LogP contribution in [0.25, 0.3) is 0 Å². The van der Waals surface area contributed by atoms with Gasteiger partial charge in [0.2, 0.25) is 0 Å². The zero-order chi connectivity index (χ0) is 9.97. The molecule has 2 aromatic rings. The van der Waals surface area contributed by atoms with E-state index in [2.05, 4.69) is 9.97 Å². The molecule has 74 valence electrons. The number of hydrogen-bond acceptors (Lipinski definition) is 3. The molecule has 5 heteroatoms. The first-order chi connectivity index (χ1) is 6.79. The van der Waals surface area contributed by atoms with Gasteiger partial charge in [-0.15, -0.1) is 0 Å². The van der Waals surface area contributed by atoms with Crippen molar-refractivity contribution in [3.63, 3.8) is 0 Å². The Morgan fingerprint density at radius 1 is 1.43 bits per heavy atom. The molecular weight excluding hydrogens is 178 g/mol. The van der Waals surface area contributed by atoms with Crippen LogP contribution in [0.2, 0.25) is 0 Å². The van der Waals surface area contributed by atoms with Gasteiger partial charge in [0.1, 0.15) is 0 Å². The van der Waals surface area contributed by atoms with Crippen molar-refractivity contribution in [1.29, 1.82) is 0 Å². The van der Waals surface area contributed by atoms with Crippen LogP contribution in [0.1, 0.15) is 11.4 Å². The van der Waals surface area contributed by atoms with E-state index in [0.29, 0.717) is 6.54 Å². The monoisotopic (exact) mass is 191 g/mol. The third kappa shape index (κ3) is 1.67. The highest BCUT2D eigenvalue weighted by Crippen LogP contribution is 2.02. The third-order valence-corrected chi connectivity index (χ3v) is 2.16. The second-order valence-corrected chi connectivity index (χ2v) is 3.24. The molecule has 14 heavy (non-hydrogen) atoms. The predicted molar refractivity (Wildman–Crippen MR) is 52.4 cm³/mol. The van der Waals surface area contributed by atoms with Crippen LogP contribution in [0.3, 0.4) is 0 Å². The van der Waals surface area contributed by atoms with Crippen LogP contribution >= 0.6 is 0 Å². The van der Waals surface area contributed by atoms with Gasteiger partial charge in [-0.25, -0.2) is 9.97 Å². The highest BCUT2D eigenvalue weighted by molar-refractivity contribution is 5.02. The van der Waals surface area contributed by atoms with Gasteiger partial charge in [0.15, 0.2) is 0 Å². The van der Waals surface area contributed by atoms with E-state index in [4.69, 9.17) is 5.73 Å².